The number of hydrazone groups is 1. The van der Waals surface area contributed by atoms with Crippen LogP contribution < -0.4 is 5.48 Å². The lowest BCUT2D eigenvalue weighted by Gasteiger charge is -2.32. The van der Waals surface area contributed by atoms with Gasteiger partial charge in [0.2, 0.25) is 0 Å². The third kappa shape index (κ3) is 2.75. The van der Waals surface area contributed by atoms with E-state index in [2.05, 4.69) is 10.1 Å². The summed E-state index contributed by atoms with van der Waals surface area (Å²) in [5, 5.41) is 15.5. The van der Waals surface area contributed by atoms with Crippen LogP contribution in [0.4, 0.5) is 0 Å². The van der Waals surface area contributed by atoms with Gasteiger partial charge >= 0.3 is 0 Å². The van der Waals surface area contributed by atoms with Gasteiger partial charge in [0.25, 0.3) is 5.91 Å². The highest BCUT2D eigenvalue weighted by Crippen LogP contribution is 2.28. The second-order valence-corrected chi connectivity index (χ2v) is 5.52. The molecule has 0 fully saturated rings. The van der Waals surface area contributed by atoms with Crippen LogP contribution in [0.5, 0.6) is 0 Å². The molecular formula is C15H15ClN4O2. The van der Waals surface area contributed by atoms with Crippen LogP contribution in [0, 0.1) is 5.92 Å². The first-order valence-electron chi connectivity index (χ1n) is 6.91. The maximum atomic E-state index is 12.1. The van der Waals surface area contributed by atoms with Crippen molar-refractivity contribution in [2.24, 2.45) is 16.0 Å². The summed E-state index contributed by atoms with van der Waals surface area (Å²) in [5.41, 5.74) is 2.71. The highest BCUT2D eigenvalue weighted by atomic mass is 35.5. The fourth-order valence-electron chi connectivity index (χ4n) is 2.68. The van der Waals surface area contributed by atoms with E-state index < -0.39 is 11.9 Å². The Bertz CT molecular complexity index is 644. The van der Waals surface area contributed by atoms with Crippen LogP contribution in [0.3, 0.4) is 0 Å². The molecule has 2 aliphatic heterocycles. The van der Waals surface area contributed by atoms with E-state index in [0.29, 0.717) is 11.6 Å². The van der Waals surface area contributed by atoms with Gasteiger partial charge in [0.15, 0.2) is 0 Å². The minimum Gasteiger partial charge on any atom is -0.289 e. The van der Waals surface area contributed by atoms with E-state index in [1.165, 1.54) is 0 Å². The van der Waals surface area contributed by atoms with Crippen LogP contribution in [-0.2, 0) is 11.2 Å². The minimum atomic E-state index is -0.633. The predicted octanol–water partition coefficient (Wildman–Crippen LogP) is 1.55. The van der Waals surface area contributed by atoms with Gasteiger partial charge in [-0.05, 0) is 11.6 Å². The van der Waals surface area contributed by atoms with E-state index in [0.717, 1.165) is 5.56 Å². The van der Waals surface area contributed by atoms with Gasteiger partial charge in [-0.1, -0.05) is 41.9 Å². The molecule has 2 N–H and O–H groups in total. The zero-order valence-electron chi connectivity index (χ0n) is 11.6. The molecule has 3 rings (SSSR count). The minimum absolute atomic E-state index is 0.156. The summed E-state index contributed by atoms with van der Waals surface area (Å²) in [7, 11) is 0. The van der Waals surface area contributed by atoms with Gasteiger partial charge in [0, 0.05) is 18.8 Å². The van der Waals surface area contributed by atoms with Crippen molar-refractivity contribution in [1.29, 1.82) is 0 Å². The number of hydrogen-bond donors (Lipinski definition) is 2. The van der Waals surface area contributed by atoms with E-state index in [9.17, 15) is 4.79 Å². The number of hydroxylamine groups is 1. The molecule has 0 aliphatic carbocycles. The summed E-state index contributed by atoms with van der Waals surface area (Å²) in [5.74, 6) is -0.662. The molecule has 3 atom stereocenters. The molecule has 114 valence electrons. The molecule has 3 unspecified atom stereocenters. The number of amides is 1. The first-order chi connectivity index (χ1) is 10.7. The second kappa shape index (κ2) is 6.29. The van der Waals surface area contributed by atoms with Crippen molar-refractivity contribution >= 4 is 28.9 Å². The quantitative estimate of drug-likeness (QED) is 0.653. The van der Waals surface area contributed by atoms with Crippen LogP contribution in [0.25, 0.3) is 0 Å². The average molecular weight is 319 g/mol. The standard InChI is InChI=1S/C15H15ClN4O2/c16-14-11-9-18-20(12(11)6-7-17-14)13(15(21)19-22)8-10-4-2-1-3-5-10/h1-7,9,11-13,22H,8H2,(H,19,21). The summed E-state index contributed by atoms with van der Waals surface area (Å²) >= 11 is 6.09. The maximum absolute atomic E-state index is 12.1. The summed E-state index contributed by atoms with van der Waals surface area (Å²) < 4.78 is 0. The Hall–Kier alpha value is -2.18. The number of carbonyl (C=O) groups is 1. The van der Waals surface area contributed by atoms with Crippen LogP contribution in [0.15, 0.2) is 52.7 Å². The number of benzene rings is 1. The van der Waals surface area contributed by atoms with Gasteiger partial charge in [0.1, 0.15) is 11.2 Å². The molecule has 0 radical (unpaired) electrons. The molecule has 22 heavy (non-hydrogen) atoms. The molecule has 1 aromatic rings. The maximum Gasteiger partial charge on any atom is 0.268 e. The highest BCUT2D eigenvalue weighted by molar-refractivity contribution is 6.67. The first kappa shape index (κ1) is 14.7. The van der Waals surface area contributed by atoms with Crippen LogP contribution >= 0.6 is 11.6 Å². The fraction of sp³-hybridized carbons (Fsp3) is 0.267. The zero-order chi connectivity index (χ0) is 15.5. The number of carbonyl (C=O) groups excluding carboxylic acids is 1. The lowest BCUT2D eigenvalue weighted by Crippen LogP contribution is -2.49. The van der Waals surface area contributed by atoms with E-state index >= 15 is 0 Å². The van der Waals surface area contributed by atoms with Gasteiger partial charge in [0.05, 0.1) is 12.0 Å². The topological polar surface area (TPSA) is 77.3 Å². The molecule has 2 heterocycles. The third-order valence-electron chi connectivity index (χ3n) is 3.79. The number of rotatable bonds is 4. The molecule has 0 saturated carbocycles. The summed E-state index contributed by atoms with van der Waals surface area (Å²) in [4.78, 5) is 16.1. The van der Waals surface area contributed by atoms with E-state index in [-0.39, 0.29) is 12.0 Å². The predicted molar refractivity (Wildman–Crippen MR) is 83.9 cm³/mol. The highest BCUT2D eigenvalue weighted by Gasteiger charge is 2.39. The summed E-state index contributed by atoms with van der Waals surface area (Å²) in [6, 6.07) is 8.78. The number of halogens is 1. The van der Waals surface area contributed by atoms with Gasteiger partial charge < -0.3 is 0 Å². The third-order valence-corrected chi connectivity index (χ3v) is 4.14. The Balaban J connectivity index is 1.85. The number of aliphatic imine (C=N–C) groups is 1. The van der Waals surface area contributed by atoms with E-state index in [1.54, 1.807) is 22.9 Å². The number of fused-ring (bicyclic) bond motifs is 1. The van der Waals surface area contributed by atoms with Crippen molar-refractivity contribution in [2.45, 2.75) is 18.5 Å². The fourth-order valence-corrected chi connectivity index (χ4v) is 2.93. The summed E-state index contributed by atoms with van der Waals surface area (Å²) in [6.07, 6.45) is 5.58. The van der Waals surface area contributed by atoms with E-state index in [4.69, 9.17) is 16.8 Å². The van der Waals surface area contributed by atoms with Crippen molar-refractivity contribution in [2.75, 3.05) is 0 Å². The Morgan fingerprint density at radius 1 is 1.41 bits per heavy atom. The van der Waals surface area contributed by atoms with Gasteiger partial charge in [-0.15, -0.1) is 0 Å². The number of nitrogens with one attached hydrogen (secondary N) is 1. The Morgan fingerprint density at radius 2 is 2.18 bits per heavy atom. The lowest BCUT2D eigenvalue weighted by atomic mass is 9.98. The van der Waals surface area contributed by atoms with Gasteiger partial charge in [-0.3, -0.25) is 15.0 Å². The van der Waals surface area contributed by atoms with Crippen LogP contribution in [0.1, 0.15) is 5.56 Å². The normalized spacial score (nSPS) is 23.9. The number of nitrogens with zero attached hydrogens (tertiary/aromatic N) is 3. The lowest BCUT2D eigenvalue weighted by molar-refractivity contribution is -0.135. The molecule has 6 nitrogen and oxygen atoms in total. The van der Waals surface area contributed by atoms with Crippen molar-refractivity contribution < 1.29 is 10.0 Å². The van der Waals surface area contributed by atoms with Crippen LogP contribution in [0.2, 0.25) is 0 Å². The molecule has 0 saturated heterocycles. The largest absolute Gasteiger partial charge is 0.289 e. The monoisotopic (exact) mass is 318 g/mol. The zero-order valence-corrected chi connectivity index (χ0v) is 12.4. The van der Waals surface area contributed by atoms with Crippen LogP contribution in [-0.4, -0.2) is 39.6 Å². The summed E-state index contributed by atoms with van der Waals surface area (Å²) in [6.45, 7) is 0. The van der Waals surface area contributed by atoms with E-state index in [1.807, 2.05) is 36.4 Å². The van der Waals surface area contributed by atoms with Gasteiger partial charge in [-0.2, -0.15) is 5.10 Å². The molecular weight excluding hydrogens is 304 g/mol. The van der Waals surface area contributed by atoms with Crippen molar-refractivity contribution in [1.82, 2.24) is 10.5 Å². The Labute approximate surface area is 132 Å². The average Bonchev–Trinajstić information content (AvgIpc) is 2.98. The number of hydrogen-bond acceptors (Lipinski definition) is 5. The van der Waals surface area contributed by atoms with Crippen molar-refractivity contribution in [3.8, 4) is 0 Å². The molecule has 0 spiro atoms. The second-order valence-electron chi connectivity index (χ2n) is 5.14. The van der Waals surface area contributed by atoms with Crippen molar-refractivity contribution in [3.63, 3.8) is 0 Å². The molecule has 1 aromatic carbocycles. The van der Waals surface area contributed by atoms with Crippen molar-refractivity contribution in [3.05, 3.63) is 48.2 Å². The molecule has 1 amide bonds. The smallest absolute Gasteiger partial charge is 0.268 e. The SMILES string of the molecule is O=C(NO)C(Cc1ccccc1)N1N=CC2C(Cl)=NC=CC21. The molecule has 2 aliphatic rings. The first-order valence-corrected chi connectivity index (χ1v) is 7.28. The molecule has 0 bridgehead atoms. The molecule has 7 heteroatoms. The Morgan fingerprint density at radius 3 is 2.91 bits per heavy atom. The molecule has 0 aromatic heterocycles. The Kier molecular flexibility index (Phi) is 4.22. The van der Waals surface area contributed by atoms with Gasteiger partial charge in [-0.25, -0.2) is 10.5 Å².